The lowest BCUT2D eigenvalue weighted by molar-refractivity contribution is 0.0669. The van der Waals surface area contributed by atoms with Crippen molar-refractivity contribution in [3.05, 3.63) is 48.2 Å². The summed E-state index contributed by atoms with van der Waals surface area (Å²) >= 11 is 0. The number of pyridine rings is 1. The Bertz CT molecular complexity index is 1010. The molecule has 4 heterocycles. The Morgan fingerprint density at radius 3 is 2.93 bits per heavy atom. The minimum Gasteiger partial charge on any atom is -0.354 e. The molecule has 0 atom stereocenters. The number of anilines is 1. The van der Waals surface area contributed by atoms with Crippen LogP contribution in [0.4, 0.5) is 5.82 Å². The summed E-state index contributed by atoms with van der Waals surface area (Å²) in [6.45, 7) is 4.43. The molecule has 0 aromatic carbocycles. The van der Waals surface area contributed by atoms with E-state index in [1.165, 1.54) is 0 Å². The standard InChI is InChI=1S/C20H22N6O/c1-14-11-21-7-3-15(14)19(27)26-10-2-9-25(12-20(26)5-6-20)18-16-4-8-22-17(16)23-13-24-18/h3-4,7-8,11,13H,2,5-6,9-10,12H2,1H3,(H,22,23,24). The summed E-state index contributed by atoms with van der Waals surface area (Å²) in [6, 6.07) is 3.86. The molecule has 3 aromatic rings. The van der Waals surface area contributed by atoms with Gasteiger partial charge in [0, 0.05) is 43.8 Å². The van der Waals surface area contributed by atoms with E-state index in [2.05, 4.69) is 29.7 Å². The lowest BCUT2D eigenvalue weighted by Crippen LogP contribution is -2.47. The van der Waals surface area contributed by atoms with Gasteiger partial charge in [-0.25, -0.2) is 9.97 Å². The molecule has 7 nitrogen and oxygen atoms in total. The van der Waals surface area contributed by atoms with E-state index in [1.54, 1.807) is 18.7 Å². The molecule has 138 valence electrons. The first-order valence-corrected chi connectivity index (χ1v) is 9.44. The molecule has 7 heteroatoms. The predicted octanol–water partition coefficient (Wildman–Crippen LogP) is 2.55. The Kier molecular flexibility index (Phi) is 3.63. The van der Waals surface area contributed by atoms with Crippen molar-refractivity contribution in [3.63, 3.8) is 0 Å². The van der Waals surface area contributed by atoms with E-state index in [9.17, 15) is 4.79 Å². The molecule has 1 aliphatic carbocycles. The van der Waals surface area contributed by atoms with Gasteiger partial charge in [0.2, 0.25) is 0 Å². The fourth-order valence-corrected chi connectivity index (χ4v) is 4.22. The first-order valence-electron chi connectivity index (χ1n) is 9.44. The largest absolute Gasteiger partial charge is 0.354 e. The number of hydrogen-bond acceptors (Lipinski definition) is 5. The number of H-pyrrole nitrogens is 1. The highest BCUT2D eigenvalue weighted by Gasteiger charge is 2.52. The van der Waals surface area contributed by atoms with Crippen LogP contribution in [0.2, 0.25) is 0 Å². The Hall–Kier alpha value is -2.96. The van der Waals surface area contributed by atoms with Gasteiger partial charge in [0.25, 0.3) is 5.91 Å². The summed E-state index contributed by atoms with van der Waals surface area (Å²) in [6.07, 6.45) is 9.99. The van der Waals surface area contributed by atoms with E-state index in [4.69, 9.17) is 0 Å². The second-order valence-corrected chi connectivity index (χ2v) is 7.58. The third kappa shape index (κ3) is 2.65. The Morgan fingerprint density at radius 1 is 1.22 bits per heavy atom. The van der Waals surface area contributed by atoms with Crippen LogP contribution < -0.4 is 4.90 Å². The molecule has 0 unspecified atom stereocenters. The fourth-order valence-electron chi connectivity index (χ4n) is 4.22. The molecule has 2 fully saturated rings. The summed E-state index contributed by atoms with van der Waals surface area (Å²) in [7, 11) is 0. The molecular formula is C20H22N6O. The smallest absolute Gasteiger partial charge is 0.254 e. The number of amides is 1. The van der Waals surface area contributed by atoms with Gasteiger partial charge in [0.1, 0.15) is 17.8 Å². The number of nitrogens with zero attached hydrogens (tertiary/aromatic N) is 5. The average molecular weight is 362 g/mol. The molecule has 3 aromatic heterocycles. The summed E-state index contributed by atoms with van der Waals surface area (Å²) < 4.78 is 0. The third-order valence-corrected chi connectivity index (χ3v) is 5.82. The van der Waals surface area contributed by atoms with Crippen molar-refractivity contribution >= 4 is 22.8 Å². The quantitative estimate of drug-likeness (QED) is 0.758. The first-order chi connectivity index (χ1) is 13.2. The normalized spacial score (nSPS) is 18.7. The van der Waals surface area contributed by atoms with E-state index in [0.29, 0.717) is 0 Å². The fraction of sp³-hybridized carbons (Fsp3) is 0.400. The van der Waals surface area contributed by atoms with E-state index in [0.717, 1.165) is 66.9 Å². The van der Waals surface area contributed by atoms with E-state index in [1.807, 2.05) is 25.3 Å². The molecule has 1 spiro atoms. The van der Waals surface area contributed by atoms with Crippen molar-refractivity contribution in [3.8, 4) is 0 Å². The molecule has 0 radical (unpaired) electrons. The van der Waals surface area contributed by atoms with Gasteiger partial charge in [-0.15, -0.1) is 0 Å². The topological polar surface area (TPSA) is 78.0 Å². The summed E-state index contributed by atoms with van der Waals surface area (Å²) in [5.41, 5.74) is 2.47. The number of hydrogen-bond donors (Lipinski definition) is 1. The maximum Gasteiger partial charge on any atom is 0.254 e. The number of aromatic amines is 1. The van der Waals surface area contributed by atoms with Crippen molar-refractivity contribution in [2.75, 3.05) is 24.5 Å². The molecule has 5 rings (SSSR count). The number of carbonyl (C=O) groups is 1. The second kappa shape index (κ2) is 6.04. The van der Waals surface area contributed by atoms with E-state index < -0.39 is 0 Å². The Labute approximate surface area is 157 Å². The molecule has 1 N–H and O–H groups in total. The average Bonchev–Trinajstić information content (AvgIpc) is 3.34. The van der Waals surface area contributed by atoms with Crippen LogP contribution in [-0.4, -0.2) is 55.9 Å². The van der Waals surface area contributed by atoms with Gasteiger partial charge < -0.3 is 14.8 Å². The van der Waals surface area contributed by atoms with Crippen LogP contribution in [0.5, 0.6) is 0 Å². The molecule has 1 amide bonds. The van der Waals surface area contributed by atoms with Crippen LogP contribution in [0.3, 0.4) is 0 Å². The maximum atomic E-state index is 13.3. The maximum absolute atomic E-state index is 13.3. The predicted molar refractivity (Wildman–Crippen MR) is 103 cm³/mol. The molecule has 0 bridgehead atoms. The molecule has 27 heavy (non-hydrogen) atoms. The lowest BCUT2D eigenvalue weighted by Gasteiger charge is -2.33. The summed E-state index contributed by atoms with van der Waals surface area (Å²) in [5, 5.41) is 1.04. The third-order valence-electron chi connectivity index (χ3n) is 5.82. The SMILES string of the molecule is Cc1cnccc1C(=O)N1CCCN(c2ncnc3[nH]ccc23)CC12CC2. The zero-order chi connectivity index (χ0) is 18.4. The van der Waals surface area contributed by atoms with E-state index >= 15 is 0 Å². The number of fused-ring (bicyclic) bond motifs is 1. The molecule has 1 saturated carbocycles. The molecule has 1 saturated heterocycles. The zero-order valence-corrected chi connectivity index (χ0v) is 15.4. The van der Waals surface area contributed by atoms with Gasteiger partial charge in [0.05, 0.1) is 10.9 Å². The minimum absolute atomic E-state index is 0.0864. The van der Waals surface area contributed by atoms with Gasteiger partial charge in [-0.2, -0.15) is 0 Å². The van der Waals surface area contributed by atoms with Crippen LogP contribution in [0.1, 0.15) is 35.2 Å². The lowest BCUT2D eigenvalue weighted by atomic mass is 10.1. The Balaban J connectivity index is 1.47. The van der Waals surface area contributed by atoms with Crippen molar-refractivity contribution in [1.29, 1.82) is 0 Å². The van der Waals surface area contributed by atoms with Crippen molar-refractivity contribution in [2.24, 2.45) is 0 Å². The van der Waals surface area contributed by atoms with Crippen molar-refractivity contribution in [2.45, 2.75) is 31.7 Å². The van der Waals surface area contributed by atoms with Crippen molar-refractivity contribution in [1.82, 2.24) is 24.8 Å². The van der Waals surface area contributed by atoms with Crippen LogP contribution >= 0.6 is 0 Å². The monoisotopic (exact) mass is 362 g/mol. The highest BCUT2D eigenvalue weighted by molar-refractivity contribution is 5.96. The molecule has 2 aliphatic rings. The van der Waals surface area contributed by atoms with Crippen molar-refractivity contribution < 1.29 is 4.79 Å². The second-order valence-electron chi connectivity index (χ2n) is 7.58. The number of carbonyl (C=O) groups excluding carboxylic acids is 1. The van der Waals surface area contributed by atoms with Crippen LogP contribution in [0.25, 0.3) is 11.0 Å². The summed E-state index contributed by atoms with van der Waals surface area (Å²) in [4.78, 5) is 33.9. The number of aryl methyl sites for hydroxylation is 1. The van der Waals surface area contributed by atoms with E-state index in [-0.39, 0.29) is 11.4 Å². The number of nitrogens with one attached hydrogen (secondary N) is 1. The Morgan fingerprint density at radius 2 is 2.11 bits per heavy atom. The minimum atomic E-state index is -0.0864. The first kappa shape index (κ1) is 16.2. The van der Waals surface area contributed by atoms with Gasteiger partial charge in [-0.05, 0) is 43.9 Å². The van der Waals surface area contributed by atoms with Gasteiger partial charge in [-0.1, -0.05) is 0 Å². The zero-order valence-electron chi connectivity index (χ0n) is 15.4. The number of rotatable bonds is 2. The highest BCUT2D eigenvalue weighted by Crippen LogP contribution is 2.45. The highest BCUT2D eigenvalue weighted by atomic mass is 16.2. The molecular weight excluding hydrogens is 340 g/mol. The van der Waals surface area contributed by atoms with Crippen LogP contribution in [0.15, 0.2) is 37.1 Å². The number of aromatic nitrogens is 4. The van der Waals surface area contributed by atoms with Crippen LogP contribution in [0, 0.1) is 6.92 Å². The van der Waals surface area contributed by atoms with Gasteiger partial charge >= 0.3 is 0 Å². The van der Waals surface area contributed by atoms with Gasteiger partial charge in [-0.3, -0.25) is 9.78 Å². The van der Waals surface area contributed by atoms with Crippen LogP contribution in [-0.2, 0) is 0 Å². The molecule has 1 aliphatic heterocycles. The summed E-state index contributed by atoms with van der Waals surface area (Å²) in [5.74, 6) is 1.09. The van der Waals surface area contributed by atoms with Gasteiger partial charge in [0.15, 0.2) is 0 Å².